The van der Waals surface area contributed by atoms with Crippen LogP contribution < -0.4 is 0 Å². The van der Waals surface area contributed by atoms with Crippen molar-refractivity contribution in [3.8, 4) is 11.8 Å². The van der Waals surface area contributed by atoms with Crippen LogP contribution in [0.3, 0.4) is 0 Å². The zero-order chi connectivity index (χ0) is 16.4. The Hall–Kier alpha value is -1.22. The molecule has 0 heteroatoms. The highest BCUT2D eigenvalue weighted by Gasteiger charge is 1.95. The van der Waals surface area contributed by atoms with Crippen LogP contribution in [0, 0.1) is 11.8 Å². The Morgan fingerprint density at radius 2 is 1.35 bits per heavy atom. The van der Waals surface area contributed by atoms with Crippen LogP contribution in [0.4, 0.5) is 0 Å². The Kier molecular flexibility index (Phi) is 24.0. The molecule has 0 nitrogen and oxygen atoms in total. The van der Waals surface area contributed by atoms with E-state index in [0.717, 1.165) is 0 Å². The second-order valence-electron chi connectivity index (χ2n) is 4.72. The highest BCUT2D eigenvalue weighted by atomic mass is 14.0. The maximum absolute atomic E-state index is 2.68. The highest BCUT2D eigenvalue weighted by Crippen LogP contribution is 2.15. The van der Waals surface area contributed by atoms with Crippen molar-refractivity contribution in [1.29, 1.82) is 0 Å². The van der Waals surface area contributed by atoms with Crippen molar-refractivity contribution in [2.45, 2.75) is 81.6 Å². The molecule has 0 atom stereocenters. The number of hydrogen-bond donors (Lipinski definition) is 0. The third kappa shape index (κ3) is 25.6. The molecular weight excluding hydrogens is 240 g/mol. The zero-order valence-corrected chi connectivity index (χ0v) is 15.4. The minimum atomic E-state index is 1.17. The van der Waals surface area contributed by atoms with Crippen molar-refractivity contribution in [1.82, 2.24) is 0 Å². The molecule has 0 saturated carbocycles. The van der Waals surface area contributed by atoms with Crippen molar-refractivity contribution in [3.05, 3.63) is 34.9 Å². The van der Waals surface area contributed by atoms with E-state index in [1.165, 1.54) is 36.0 Å². The Morgan fingerprint density at radius 3 is 1.45 bits per heavy atom. The molecule has 1 aliphatic rings. The van der Waals surface area contributed by atoms with Gasteiger partial charge in [0.25, 0.3) is 0 Å². The molecule has 0 aromatic rings. The van der Waals surface area contributed by atoms with E-state index in [1.807, 2.05) is 27.7 Å². The SMILES string of the molecule is CC.CC#CC.CC1=CC=C(C)CC1.CCC=C(C)C. The second kappa shape index (κ2) is 20.1. The number of hydrogen-bond acceptors (Lipinski definition) is 0. The summed E-state index contributed by atoms with van der Waals surface area (Å²) in [6, 6.07) is 0. The summed E-state index contributed by atoms with van der Waals surface area (Å²) < 4.78 is 0. The fraction of sp³-hybridized carbons (Fsp3) is 0.600. The molecule has 0 saturated heterocycles. The first-order valence-corrected chi connectivity index (χ1v) is 7.77. The van der Waals surface area contributed by atoms with Crippen molar-refractivity contribution < 1.29 is 0 Å². The summed E-state index contributed by atoms with van der Waals surface area (Å²) in [7, 11) is 0. The highest BCUT2D eigenvalue weighted by molar-refractivity contribution is 5.20. The summed E-state index contributed by atoms with van der Waals surface area (Å²) in [4.78, 5) is 0. The number of allylic oxidation sites excluding steroid dienone is 6. The van der Waals surface area contributed by atoms with Crippen molar-refractivity contribution >= 4 is 0 Å². The summed E-state index contributed by atoms with van der Waals surface area (Å²) in [5, 5.41) is 0. The molecule has 0 fully saturated rings. The maximum atomic E-state index is 2.68. The van der Waals surface area contributed by atoms with Gasteiger partial charge in [-0.3, -0.25) is 0 Å². The Bertz CT molecular complexity index is 312. The molecule has 0 amide bonds. The topological polar surface area (TPSA) is 0 Å². The van der Waals surface area contributed by atoms with E-state index >= 15 is 0 Å². The van der Waals surface area contributed by atoms with Crippen LogP contribution in [0.25, 0.3) is 0 Å². The minimum absolute atomic E-state index is 1.17. The molecule has 1 rings (SSSR count). The van der Waals surface area contributed by atoms with Gasteiger partial charge in [0.2, 0.25) is 0 Å². The van der Waals surface area contributed by atoms with E-state index in [4.69, 9.17) is 0 Å². The third-order valence-corrected chi connectivity index (χ3v) is 2.43. The Labute approximate surface area is 129 Å². The summed E-state index contributed by atoms with van der Waals surface area (Å²) in [5.41, 5.74) is 4.43. The molecular formula is C20H36. The number of rotatable bonds is 1. The predicted octanol–water partition coefficient (Wildman–Crippen LogP) is 7.09. The normalized spacial score (nSPS) is 11.2. The van der Waals surface area contributed by atoms with Crippen molar-refractivity contribution in [2.24, 2.45) is 0 Å². The maximum Gasteiger partial charge on any atom is -0.00271 e. The monoisotopic (exact) mass is 276 g/mol. The first-order chi connectivity index (χ1) is 9.47. The van der Waals surface area contributed by atoms with Crippen LogP contribution >= 0.6 is 0 Å². The van der Waals surface area contributed by atoms with Crippen LogP contribution in [0.2, 0.25) is 0 Å². The van der Waals surface area contributed by atoms with Gasteiger partial charge in [-0.25, -0.2) is 0 Å². The van der Waals surface area contributed by atoms with Crippen LogP contribution in [0.15, 0.2) is 34.9 Å². The lowest BCUT2D eigenvalue weighted by Crippen LogP contribution is -1.85. The summed E-state index contributed by atoms with van der Waals surface area (Å²) in [6.07, 6.45) is 10.3. The summed E-state index contributed by atoms with van der Waals surface area (Å²) >= 11 is 0. The zero-order valence-electron chi connectivity index (χ0n) is 15.4. The van der Waals surface area contributed by atoms with Crippen molar-refractivity contribution in [2.75, 3.05) is 0 Å². The fourth-order valence-electron chi connectivity index (χ4n) is 1.25. The van der Waals surface area contributed by atoms with Crippen LogP contribution in [-0.4, -0.2) is 0 Å². The van der Waals surface area contributed by atoms with E-state index in [0.29, 0.717) is 0 Å². The van der Waals surface area contributed by atoms with Gasteiger partial charge in [-0.1, -0.05) is 55.7 Å². The first kappa shape index (κ1) is 23.8. The quantitative estimate of drug-likeness (QED) is 0.354. The van der Waals surface area contributed by atoms with E-state index in [1.54, 1.807) is 0 Å². The van der Waals surface area contributed by atoms with E-state index in [2.05, 4.69) is 64.7 Å². The van der Waals surface area contributed by atoms with Gasteiger partial charge < -0.3 is 0 Å². The lowest BCUT2D eigenvalue weighted by molar-refractivity contribution is 0.906. The molecule has 20 heavy (non-hydrogen) atoms. The van der Waals surface area contributed by atoms with Gasteiger partial charge in [0, 0.05) is 0 Å². The van der Waals surface area contributed by atoms with E-state index in [-0.39, 0.29) is 0 Å². The van der Waals surface area contributed by atoms with E-state index in [9.17, 15) is 0 Å². The predicted molar refractivity (Wildman–Crippen MR) is 96.9 cm³/mol. The van der Waals surface area contributed by atoms with Crippen LogP contribution in [0.1, 0.15) is 81.6 Å². The second-order valence-corrected chi connectivity index (χ2v) is 4.72. The lowest BCUT2D eigenvalue weighted by Gasteiger charge is -2.05. The van der Waals surface area contributed by atoms with Gasteiger partial charge in [-0.15, -0.1) is 11.8 Å². The van der Waals surface area contributed by atoms with Gasteiger partial charge >= 0.3 is 0 Å². The fourth-order valence-corrected chi connectivity index (χ4v) is 1.25. The summed E-state index contributed by atoms with van der Waals surface area (Å²) in [5.74, 6) is 5.36. The molecule has 0 spiro atoms. The molecule has 1 aliphatic carbocycles. The van der Waals surface area contributed by atoms with Gasteiger partial charge in [-0.05, 0) is 60.8 Å². The lowest BCUT2D eigenvalue weighted by atomic mass is 10.0. The molecule has 0 radical (unpaired) electrons. The molecule has 0 bridgehead atoms. The summed E-state index contributed by atoms with van der Waals surface area (Å²) in [6.45, 7) is 18.4. The average Bonchev–Trinajstić information content (AvgIpc) is 2.45. The smallest absolute Gasteiger partial charge is 0.00271 e. The molecule has 0 aromatic carbocycles. The van der Waals surface area contributed by atoms with Gasteiger partial charge in [0.15, 0.2) is 0 Å². The molecule has 0 heterocycles. The Balaban J connectivity index is -0.000000215. The average molecular weight is 277 g/mol. The minimum Gasteiger partial charge on any atom is -0.107 e. The standard InChI is InChI=1S/C8H12.C6H12.C4H6.C2H6/c1-7-3-5-8(2)6-4-7;1-4-5-6(2)3;1-3-4-2;1-2/h3,5H,4,6H2,1-2H3;5H,4H2,1-3H3;1-2H3;1-2H3. The molecule has 0 unspecified atom stereocenters. The molecule has 116 valence electrons. The van der Waals surface area contributed by atoms with E-state index < -0.39 is 0 Å². The first-order valence-electron chi connectivity index (χ1n) is 7.77. The molecule has 0 N–H and O–H groups in total. The van der Waals surface area contributed by atoms with Gasteiger partial charge in [-0.2, -0.15) is 0 Å². The Morgan fingerprint density at radius 1 is 1.00 bits per heavy atom. The van der Waals surface area contributed by atoms with Crippen LogP contribution in [-0.2, 0) is 0 Å². The third-order valence-electron chi connectivity index (χ3n) is 2.43. The van der Waals surface area contributed by atoms with Crippen molar-refractivity contribution in [3.63, 3.8) is 0 Å². The molecule has 0 aliphatic heterocycles. The van der Waals surface area contributed by atoms with Gasteiger partial charge in [0.1, 0.15) is 0 Å². The van der Waals surface area contributed by atoms with Crippen LogP contribution in [0.5, 0.6) is 0 Å². The largest absolute Gasteiger partial charge is 0.107 e. The van der Waals surface area contributed by atoms with Gasteiger partial charge in [0.05, 0.1) is 0 Å². The molecule has 0 aromatic heterocycles.